The summed E-state index contributed by atoms with van der Waals surface area (Å²) >= 11 is 0. The van der Waals surface area contributed by atoms with Gasteiger partial charge in [-0.05, 0) is 19.0 Å². The average Bonchev–Trinajstić information content (AvgIpc) is 3.07. The topological polar surface area (TPSA) is 141 Å². The molecule has 2 aromatic rings. The number of likely N-dealkylation sites (N-methyl/N-ethyl adjacent to an activating group) is 1. The van der Waals surface area contributed by atoms with Crippen LogP contribution in [0.5, 0.6) is 0 Å². The number of hydrogen-bond donors (Lipinski definition) is 5. The Morgan fingerprint density at radius 1 is 1.21 bits per heavy atom. The number of carboxylic acid groups (broad SMARTS) is 2. The molecule has 0 radical (unpaired) electrons. The number of nitrogens with zero attached hydrogens (tertiary/aromatic N) is 1. The number of benzene rings is 1. The Morgan fingerprint density at radius 2 is 1.88 bits per heavy atom. The first-order valence-corrected chi connectivity index (χ1v) is 7.33. The minimum absolute atomic E-state index is 0.385. The van der Waals surface area contributed by atoms with Gasteiger partial charge in [-0.1, -0.05) is 30.3 Å². The standard InChI is InChI=1S/C9H11NO2.C7H11N3O2/c10-8(9(11)12)6-7-4-2-1-3-5-7;1-8-6(7(11)12)2-5-3-9-4-10-5/h1-5,8H,6,10H2,(H,11,12);3-4,6,8H,2H2,1H3,(H,9,10)(H,11,12)/t8-;6-/m00/s1. The Kier molecular flexibility index (Phi) is 8.17. The minimum atomic E-state index is -0.959. The van der Waals surface area contributed by atoms with Crippen LogP contribution in [0.1, 0.15) is 11.3 Å². The van der Waals surface area contributed by atoms with Crippen molar-refractivity contribution in [3.63, 3.8) is 0 Å². The third kappa shape index (κ3) is 7.03. The van der Waals surface area contributed by atoms with Gasteiger partial charge in [-0.25, -0.2) is 4.98 Å². The van der Waals surface area contributed by atoms with Gasteiger partial charge >= 0.3 is 11.9 Å². The van der Waals surface area contributed by atoms with E-state index in [-0.39, 0.29) is 0 Å². The van der Waals surface area contributed by atoms with Gasteiger partial charge < -0.3 is 26.2 Å². The number of rotatable bonds is 7. The summed E-state index contributed by atoms with van der Waals surface area (Å²) < 4.78 is 0. The van der Waals surface area contributed by atoms with E-state index in [0.29, 0.717) is 12.8 Å². The van der Waals surface area contributed by atoms with Crippen molar-refractivity contribution >= 4 is 11.9 Å². The van der Waals surface area contributed by atoms with Crippen molar-refractivity contribution in [1.82, 2.24) is 15.3 Å². The lowest BCUT2D eigenvalue weighted by atomic mass is 10.1. The van der Waals surface area contributed by atoms with Gasteiger partial charge in [0.05, 0.1) is 6.33 Å². The lowest BCUT2D eigenvalue weighted by Crippen LogP contribution is -2.35. The Bertz CT molecular complexity index is 616. The number of hydrogen-bond acceptors (Lipinski definition) is 5. The predicted octanol–water partition coefficient (Wildman–Crippen LogP) is 0.266. The largest absolute Gasteiger partial charge is 0.480 e. The fraction of sp³-hybridized carbons (Fsp3) is 0.312. The summed E-state index contributed by atoms with van der Waals surface area (Å²) in [7, 11) is 1.62. The highest BCUT2D eigenvalue weighted by atomic mass is 16.4. The summed E-state index contributed by atoms with van der Waals surface area (Å²) in [6, 6.07) is 7.99. The van der Waals surface area contributed by atoms with Gasteiger partial charge in [-0.2, -0.15) is 0 Å². The van der Waals surface area contributed by atoms with Crippen molar-refractivity contribution in [1.29, 1.82) is 0 Å². The molecule has 2 atom stereocenters. The molecule has 130 valence electrons. The van der Waals surface area contributed by atoms with Gasteiger partial charge in [-0.15, -0.1) is 0 Å². The van der Waals surface area contributed by atoms with E-state index in [9.17, 15) is 9.59 Å². The molecular formula is C16H22N4O4. The fourth-order valence-corrected chi connectivity index (χ4v) is 1.88. The van der Waals surface area contributed by atoms with Crippen LogP contribution < -0.4 is 11.1 Å². The molecule has 0 aliphatic rings. The van der Waals surface area contributed by atoms with Crippen LogP contribution in [-0.2, 0) is 22.4 Å². The molecule has 8 nitrogen and oxygen atoms in total. The zero-order valence-electron chi connectivity index (χ0n) is 13.3. The zero-order valence-corrected chi connectivity index (χ0v) is 13.3. The molecule has 0 amide bonds. The van der Waals surface area contributed by atoms with Crippen LogP contribution in [0, 0.1) is 0 Å². The van der Waals surface area contributed by atoms with Gasteiger partial charge in [0.15, 0.2) is 0 Å². The number of aromatic amines is 1. The highest BCUT2D eigenvalue weighted by Gasteiger charge is 2.15. The lowest BCUT2D eigenvalue weighted by molar-refractivity contribution is -0.139. The van der Waals surface area contributed by atoms with Crippen molar-refractivity contribution in [2.75, 3.05) is 7.05 Å². The third-order valence-corrected chi connectivity index (χ3v) is 3.24. The number of aliphatic carboxylic acids is 2. The molecule has 1 aromatic carbocycles. The molecule has 0 bridgehead atoms. The maximum Gasteiger partial charge on any atom is 0.321 e. The summed E-state index contributed by atoms with van der Waals surface area (Å²) in [4.78, 5) is 27.6. The molecule has 0 fully saturated rings. The van der Waals surface area contributed by atoms with Crippen molar-refractivity contribution in [3.05, 3.63) is 54.1 Å². The lowest BCUT2D eigenvalue weighted by Gasteiger charge is -2.08. The number of nitrogens with two attached hydrogens (primary N) is 1. The van der Waals surface area contributed by atoms with Crippen LogP contribution in [0.4, 0.5) is 0 Å². The zero-order chi connectivity index (χ0) is 17.9. The highest BCUT2D eigenvalue weighted by molar-refractivity contribution is 5.74. The summed E-state index contributed by atoms with van der Waals surface area (Å²) in [5.74, 6) is -1.81. The smallest absolute Gasteiger partial charge is 0.321 e. The van der Waals surface area contributed by atoms with Crippen molar-refractivity contribution in [2.24, 2.45) is 5.73 Å². The van der Waals surface area contributed by atoms with E-state index in [0.717, 1.165) is 11.3 Å². The van der Waals surface area contributed by atoms with Crippen molar-refractivity contribution in [3.8, 4) is 0 Å². The second-order valence-corrected chi connectivity index (χ2v) is 5.09. The summed E-state index contributed by atoms with van der Waals surface area (Å²) in [5.41, 5.74) is 7.12. The highest BCUT2D eigenvalue weighted by Crippen LogP contribution is 2.01. The fourth-order valence-electron chi connectivity index (χ4n) is 1.88. The third-order valence-electron chi connectivity index (χ3n) is 3.24. The molecule has 0 spiro atoms. The van der Waals surface area contributed by atoms with E-state index in [2.05, 4.69) is 15.3 Å². The molecule has 8 heteroatoms. The molecule has 1 aromatic heterocycles. The molecule has 0 saturated heterocycles. The Morgan fingerprint density at radius 3 is 2.33 bits per heavy atom. The summed E-state index contributed by atoms with van der Waals surface area (Å²) in [6.07, 6.45) is 3.96. The molecule has 0 saturated carbocycles. The van der Waals surface area contributed by atoms with Crippen LogP contribution in [0.3, 0.4) is 0 Å². The van der Waals surface area contributed by atoms with Crippen molar-refractivity contribution in [2.45, 2.75) is 24.9 Å². The molecule has 2 rings (SSSR count). The van der Waals surface area contributed by atoms with E-state index in [1.54, 1.807) is 13.2 Å². The van der Waals surface area contributed by atoms with Crippen LogP contribution in [0.2, 0.25) is 0 Å². The number of H-pyrrole nitrogens is 1. The second kappa shape index (κ2) is 10.1. The molecule has 6 N–H and O–H groups in total. The van der Waals surface area contributed by atoms with E-state index in [1.165, 1.54) is 6.33 Å². The average molecular weight is 334 g/mol. The van der Waals surface area contributed by atoms with Gasteiger partial charge in [0.2, 0.25) is 0 Å². The monoisotopic (exact) mass is 334 g/mol. The van der Waals surface area contributed by atoms with E-state index in [4.69, 9.17) is 15.9 Å². The molecule has 0 aliphatic carbocycles. The molecule has 24 heavy (non-hydrogen) atoms. The van der Waals surface area contributed by atoms with Crippen LogP contribution in [0.15, 0.2) is 42.9 Å². The Labute approximate surface area is 139 Å². The number of carbonyl (C=O) groups is 2. The van der Waals surface area contributed by atoms with Crippen LogP contribution in [0.25, 0.3) is 0 Å². The van der Waals surface area contributed by atoms with Crippen molar-refractivity contribution < 1.29 is 19.8 Å². The summed E-state index contributed by atoms with van der Waals surface area (Å²) in [6.45, 7) is 0. The normalized spacial score (nSPS) is 12.6. The molecule has 1 heterocycles. The quantitative estimate of drug-likeness (QED) is 0.489. The first-order valence-electron chi connectivity index (χ1n) is 7.33. The number of imidazole rings is 1. The molecule has 0 unspecified atom stereocenters. The van der Waals surface area contributed by atoms with E-state index < -0.39 is 24.0 Å². The summed E-state index contributed by atoms with van der Waals surface area (Å²) in [5, 5.41) is 19.9. The maximum atomic E-state index is 10.6. The molecular weight excluding hydrogens is 312 g/mol. The SMILES string of the molecule is CN[C@@H](Cc1cnc[nH]1)C(=O)O.N[C@@H](Cc1ccccc1)C(=O)O. The predicted molar refractivity (Wildman–Crippen MR) is 88.5 cm³/mol. The van der Waals surface area contributed by atoms with E-state index >= 15 is 0 Å². The Balaban J connectivity index is 0.000000240. The second-order valence-electron chi connectivity index (χ2n) is 5.09. The minimum Gasteiger partial charge on any atom is -0.480 e. The van der Waals surface area contributed by atoms with E-state index in [1.807, 2.05) is 30.3 Å². The van der Waals surface area contributed by atoms with Gasteiger partial charge in [0, 0.05) is 18.3 Å². The van der Waals surface area contributed by atoms with Crippen LogP contribution in [-0.4, -0.2) is 51.3 Å². The van der Waals surface area contributed by atoms with Gasteiger partial charge in [-0.3, -0.25) is 9.59 Å². The number of aromatic nitrogens is 2. The first-order chi connectivity index (χ1) is 11.4. The van der Waals surface area contributed by atoms with Gasteiger partial charge in [0.1, 0.15) is 12.1 Å². The first kappa shape index (κ1) is 19.3. The van der Waals surface area contributed by atoms with Crippen LogP contribution >= 0.6 is 0 Å². The van der Waals surface area contributed by atoms with Gasteiger partial charge in [0.25, 0.3) is 0 Å². The maximum absolute atomic E-state index is 10.6. The Hall–Kier alpha value is -2.71. The molecule has 0 aliphatic heterocycles. The number of carboxylic acids is 2. The number of nitrogens with one attached hydrogen (secondary N) is 2.